The molecule has 3 heterocycles. The van der Waals surface area contributed by atoms with Gasteiger partial charge in [-0.15, -0.1) is 0 Å². The number of anilines is 3. The number of para-hydroxylation sites is 2. The number of aromatic nitrogens is 3. The predicted molar refractivity (Wildman–Crippen MR) is 212 cm³/mol. The summed E-state index contributed by atoms with van der Waals surface area (Å²) < 4.78 is 0. The van der Waals surface area contributed by atoms with E-state index < -0.39 is 5.41 Å². The minimum absolute atomic E-state index is 0.498. The van der Waals surface area contributed by atoms with Crippen molar-refractivity contribution < 1.29 is 0 Å². The molecule has 1 spiro atoms. The van der Waals surface area contributed by atoms with Crippen LogP contribution < -0.4 is 4.90 Å². The maximum absolute atomic E-state index is 10.5. The van der Waals surface area contributed by atoms with E-state index in [2.05, 4.69) is 114 Å². The van der Waals surface area contributed by atoms with Crippen molar-refractivity contribution >= 4 is 28.8 Å². The standard InChI is InChI=1S/C47H29N5S/c48-30-31-27-34(46-50-44(32-15-3-1-4-16-32)49-45(51-46)33-17-5-2-6-18-33)29-35(28-31)52-40-23-11-7-19-36(40)47(37-20-8-12-24-41(37)52)38-21-9-13-25-42(38)53-43-26-14-10-22-39(43)47/h1-29H. The Bertz CT molecular complexity index is 2590. The first-order chi connectivity index (χ1) is 26.2. The van der Waals surface area contributed by atoms with Gasteiger partial charge in [-0.2, -0.15) is 5.26 Å². The van der Waals surface area contributed by atoms with Crippen LogP contribution in [0, 0.1) is 11.3 Å². The fourth-order valence-corrected chi connectivity index (χ4v) is 9.16. The van der Waals surface area contributed by atoms with E-state index in [-0.39, 0.29) is 0 Å². The molecule has 0 atom stereocenters. The molecular formula is C47H29N5S. The molecule has 0 saturated carbocycles. The average Bonchev–Trinajstić information content (AvgIpc) is 3.24. The van der Waals surface area contributed by atoms with Gasteiger partial charge in [-0.1, -0.05) is 145 Å². The highest BCUT2D eigenvalue weighted by Crippen LogP contribution is 2.62. The molecule has 0 bridgehead atoms. The quantitative estimate of drug-likeness (QED) is 0.183. The van der Waals surface area contributed by atoms with Crippen molar-refractivity contribution in [2.24, 2.45) is 0 Å². The van der Waals surface area contributed by atoms with Gasteiger partial charge in [-0.25, -0.2) is 15.0 Å². The van der Waals surface area contributed by atoms with Gasteiger partial charge in [-0.05, 0) is 64.7 Å². The monoisotopic (exact) mass is 695 g/mol. The molecule has 0 saturated heterocycles. The molecule has 7 aromatic carbocycles. The van der Waals surface area contributed by atoms with Crippen LogP contribution in [0.4, 0.5) is 17.1 Å². The Morgan fingerprint density at radius 3 is 1.40 bits per heavy atom. The molecule has 6 heteroatoms. The first-order valence-corrected chi connectivity index (χ1v) is 18.3. The van der Waals surface area contributed by atoms with Crippen LogP contribution in [0.2, 0.25) is 0 Å². The third-order valence-corrected chi connectivity index (χ3v) is 11.3. The Balaban J connectivity index is 1.22. The molecule has 53 heavy (non-hydrogen) atoms. The Kier molecular flexibility index (Phi) is 7.27. The summed E-state index contributed by atoms with van der Waals surface area (Å²) in [5, 5.41) is 10.5. The van der Waals surface area contributed by atoms with E-state index >= 15 is 0 Å². The predicted octanol–water partition coefficient (Wildman–Crippen LogP) is 11.4. The van der Waals surface area contributed by atoms with E-state index in [1.54, 1.807) is 0 Å². The van der Waals surface area contributed by atoms with E-state index in [0.717, 1.165) is 33.8 Å². The lowest BCUT2D eigenvalue weighted by atomic mass is 9.62. The van der Waals surface area contributed by atoms with Crippen molar-refractivity contribution in [1.82, 2.24) is 15.0 Å². The van der Waals surface area contributed by atoms with E-state index in [9.17, 15) is 5.26 Å². The molecule has 8 aromatic rings. The maximum Gasteiger partial charge on any atom is 0.164 e. The summed E-state index contributed by atoms with van der Waals surface area (Å²) in [5.41, 5.74) is 10.3. The number of hydrogen-bond acceptors (Lipinski definition) is 6. The lowest BCUT2D eigenvalue weighted by molar-refractivity contribution is 0.692. The Morgan fingerprint density at radius 2 is 0.887 bits per heavy atom. The third kappa shape index (κ3) is 4.90. The lowest BCUT2D eigenvalue weighted by Gasteiger charge is -2.49. The molecule has 0 radical (unpaired) electrons. The van der Waals surface area contributed by atoms with E-state index in [1.165, 1.54) is 32.0 Å². The summed E-state index contributed by atoms with van der Waals surface area (Å²) in [6.07, 6.45) is 0. The molecule has 5 nitrogen and oxygen atoms in total. The lowest BCUT2D eigenvalue weighted by Crippen LogP contribution is -2.39. The van der Waals surface area contributed by atoms with Gasteiger partial charge < -0.3 is 4.90 Å². The average molecular weight is 696 g/mol. The smallest absolute Gasteiger partial charge is 0.164 e. The van der Waals surface area contributed by atoms with Crippen molar-refractivity contribution in [3.8, 4) is 40.2 Å². The SMILES string of the molecule is N#Cc1cc(-c2nc(-c3ccccc3)nc(-c3ccccc3)n2)cc(N2c3ccccc3C3(c4ccccc4Sc4ccccc43)c3ccccc32)c1. The second-order valence-corrected chi connectivity index (χ2v) is 14.2. The summed E-state index contributed by atoms with van der Waals surface area (Å²) >= 11 is 1.83. The Hall–Kier alpha value is -6.81. The van der Waals surface area contributed by atoms with Crippen molar-refractivity contribution in [3.63, 3.8) is 0 Å². The highest BCUT2D eigenvalue weighted by Gasteiger charge is 2.50. The van der Waals surface area contributed by atoms with Crippen molar-refractivity contribution in [1.29, 1.82) is 5.26 Å². The van der Waals surface area contributed by atoms with Crippen molar-refractivity contribution in [2.45, 2.75) is 15.2 Å². The van der Waals surface area contributed by atoms with Gasteiger partial charge in [0.2, 0.25) is 0 Å². The first kappa shape index (κ1) is 31.0. The largest absolute Gasteiger partial charge is 0.310 e. The zero-order valence-electron chi connectivity index (χ0n) is 28.4. The van der Waals surface area contributed by atoms with Gasteiger partial charge in [0.1, 0.15) is 0 Å². The minimum atomic E-state index is -0.554. The van der Waals surface area contributed by atoms with Gasteiger partial charge >= 0.3 is 0 Å². The van der Waals surface area contributed by atoms with Crippen LogP contribution in [0.15, 0.2) is 186 Å². The van der Waals surface area contributed by atoms with Crippen LogP contribution in [-0.4, -0.2) is 15.0 Å². The van der Waals surface area contributed by atoms with Crippen LogP contribution in [0.3, 0.4) is 0 Å². The molecule has 0 fully saturated rings. The highest BCUT2D eigenvalue weighted by atomic mass is 32.2. The highest BCUT2D eigenvalue weighted by molar-refractivity contribution is 7.99. The molecule has 2 aliphatic rings. The number of rotatable bonds is 4. The summed E-state index contributed by atoms with van der Waals surface area (Å²) in [6, 6.07) is 63.3. The number of fused-ring (bicyclic) bond motifs is 8. The van der Waals surface area contributed by atoms with Crippen LogP contribution in [0.1, 0.15) is 27.8 Å². The number of nitriles is 1. The second kappa shape index (κ2) is 12.4. The van der Waals surface area contributed by atoms with Crippen LogP contribution in [0.25, 0.3) is 34.2 Å². The molecular weight excluding hydrogens is 667 g/mol. The Labute approximate surface area is 311 Å². The third-order valence-electron chi connectivity index (χ3n) is 10.2. The zero-order chi connectivity index (χ0) is 35.4. The summed E-state index contributed by atoms with van der Waals surface area (Å²) in [4.78, 5) is 19.7. The van der Waals surface area contributed by atoms with Crippen molar-refractivity contribution in [2.75, 3.05) is 4.90 Å². The fourth-order valence-electron chi connectivity index (χ4n) is 7.97. The normalized spacial score (nSPS) is 13.3. The van der Waals surface area contributed by atoms with Crippen molar-refractivity contribution in [3.05, 3.63) is 204 Å². The van der Waals surface area contributed by atoms with Gasteiger partial charge in [0.25, 0.3) is 0 Å². The molecule has 0 amide bonds. The van der Waals surface area contributed by atoms with Gasteiger partial charge in [0.05, 0.1) is 28.4 Å². The van der Waals surface area contributed by atoms with Crippen LogP contribution in [-0.2, 0) is 5.41 Å². The second-order valence-electron chi connectivity index (χ2n) is 13.1. The summed E-state index contributed by atoms with van der Waals surface area (Å²) in [7, 11) is 0. The maximum atomic E-state index is 10.5. The Morgan fingerprint density at radius 1 is 0.453 bits per heavy atom. The summed E-state index contributed by atoms with van der Waals surface area (Å²) in [6.45, 7) is 0. The summed E-state index contributed by atoms with van der Waals surface area (Å²) in [5.74, 6) is 1.64. The van der Waals surface area contributed by atoms with Gasteiger partial charge in [-0.3, -0.25) is 0 Å². The molecule has 0 aliphatic carbocycles. The van der Waals surface area contributed by atoms with E-state index in [4.69, 9.17) is 15.0 Å². The van der Waals surface area contributed by atoms with E-state index in [0.29, 0.717) is 23.0 Å². The number of hydrogen-bond donors (Lipinski definition) is 0. The number of benzene rings is 7. The molecule has 1 aromatic heterocycles. The van der Waals surface area contributed by atoms with Crippen LogP contribution in [0.5, 0.6) is 0 Å². The fraction of sp³-hybridized carbons (Fsp3) is 0.0213. The molecule has 10 rings (SSSR count). The van der Waals surface area contributed by atoms with Gasteiger partial charge in [0.15, 0.2) is 17.5 Å². The minimum Gasteiger partial charge on any atom is -0.310 e. The molecule has 248 valence electrons. The molecule has 2 aliphatic heterocycles. The zero-order valence-corrected chi connectivity index (χ0v) is 29.2. The van der Waals surface area contributed by atoms with Crippen LogP contribution >= 0.6 is 11.8 Å². The molecule has 0 N–H and O–H groups in total. The first-order valence-electron chi connectivity index (χ1n) is 17.5. The van der Waals surface area contributed by atoms with Gasteiger partial charge in [0, 0.05) is 32.2 Å². The number of nitrogens with zero attached hydrogens (tertiary/aromatic N) is 5. The van der Waals surface area contributed by atoms with E-state index in [1.807, 2.05) is 84.6 Å². The topological polar surface area (TPSA) is 65.7 Å². The molecule has 0 unspecified atom stereocenters.